The van der Waals surface area contributed by atoms with Gasteiger partial charge in [-0.1, -0.05) is 12.3 Å². The van der Waals surface area contributed by atoms with Gasteiger partial charge in [-0.25, -0.2) is 0 Å². The lowest BCUT2D eigenvalue weighted by Gasteiger charge is -2.17. The number of carboxylic acid groups (broad SMARTS) is 1. The maximum absolute atomic E-state index is 11.8. The molecular weight excluding hydrogens is 300 g/mol. The van der Waals surface area contributed by atoms with Gasteiger partial charge in [0.1, 0.15) is 24.8 Å². The molecule has 0 aromatic carbocycles. The van der Waals surface area contributed by atoms with Crippen molar-refractivity contribution in [1.82, 2.24) is 10.6 Å². The molecule has 3 atom stereocenters. The number of carbonyl (C=O) groups excluding carboxylic acids is 2. The number of amides is 2. The van der Waals surface area contributed by atoms with Gasteiger partial charge in [-0.3, -0.25) is 14.4 Å². The van der Waals surface area contributed by atoms with Crippen LogP contribution >= 0.6 is 0 Å². The summed E-state index contributed by atoms with van der Waals surface area (Å²) in [6, 6.07) is -1.85. The lowest BCUT2D eigenvalue weighted by molar-refractivity contribution is -0.141. The third kappa shape index (κ3) is 7.66. The Hall–Kier alpha value is -2.07. The second kappa shape index (κ2) is 9.85. The average Bonchev–Trinajstić information content (AvgIpc) is 2.45. The van der Waals surface area contributed by atoms with Gasteiger partial charge in [-0.2, -0.15) is 0 Å². The Labute approximate surface area is 136 Å². The fraction of sp³-hybridized carbons (Fsp3) is 0.688. The van der Waals surface area contributed by atoms with Gasteiger partial charge in [0.15, 0.2) is 0 Å². The first-order valence-corrected chi connectivity index (χ1v) is 7.82. The third-order valence-electron chi connectivity index (χ3n) is 3.45. The first kappa shape index (κ1) is 19.0. The molecule has 0 heterocycles. The Balaban J connectivity index is 2.34. The highest BCUT2D eigenvalue weighted by Gasteiger charge is 2.20. The van der Waals surface area contributed by atoms with E-state index in [2.05, 4.69) is 22.5 Å². The maximum Gasteiger partial charge on any atom is 0.325 e. The normalized spacial score (nSPS) is 20.0. The van der Waals surface area contributed by atoms with E-state index in [9.17, 15) is 14.4 Å². The number of aliphatic carboxylic acids is 1. The molecule has 0 saturated carbocycles. The zero-order chi connectivity index (χ0) is 17.2. The van der Waals surface area contributed by atoms with Gasteiger partial charge in [0.25, 0.3) is 0 Å². The summed E-state index contributed by atoms with van der Waals surface area (Å²) in [5, 5.41) is 13.5. The minimum absolute atomic E-state index is 0.175. The monoisotopic (exact) mass is 324 g/mol. The van der Waals surface area contributed by atoms with Crippen molar-refractivity contribution in [3.8, 4) is 11.8 Å². The van der Waals surface area contributed by atoms with Crippen molar-refractivity contribution in [2.45, 2.75) is 64.1 Å². The average molecular weight is 324 g/mol. The van der Waals surface area contributed by atoms with Gasteiger partial charge < -0.3 is 20.5 Å². The number of hydrogen-bond acceptors (Lipinski definition) is 4. The zero-order valence-electron chi connectivity index (χ0n) is 13.6. The first-order valence-electron chi connectivity index (χ1n) is 7.82. The number of nitrogens with one attached hydrogen (secondary N) is 2. The van der Waals surface area contributed by atoms with Crippen molar-refractivity contribution in [2.24, 2.45) is 0 Å². The smallest absolute Gasteiger partial charge is 0.325 e. The molecule has 1 aliphatic carbocycles. The minimum atomic E-state index is -1.14. The van der Waals surface area contributed by atoms with Crippen LogP contribution in [-0.4, -0.2) is 47.7 Å². The van der Waals surface area contributed by atoms with Crippen LogP contribution in [-0.2, 0) is 19.1 Å². The topological polar surface area (TPSA) is 105 Å². The van der Waals surface area contributed by atoms with Crippen LogP contribution in [0.4, 0.5) is 0 Å². The van der Waals surface area contributed by atoms with E-state index in [1.807, 2.05) is 0 Å². The van der Waals surface area contributed by atoms with Gasteiger partial charge in [0, 0.05) is 6.42 Å². The Morgan fingerprint density at radius 2 is 1.91 bits per heavy atom. The van der Waals surface area contributed by atoms with Gasteiger partial charge in [-0.05, 0) is 33.1 Å². The van der Waals surface area contributed by atoms with Crippen molar-refractivity contribution in [3.63, 3.8) is 0 Å². The Morgan fingerprint density at radius 3 is 2.61 bits per heavy atom. The predicted molar refractivity (Wildman–Crippen MR) is 83.4 cm³/mol. The van der Waals surface area contributed by atoms with Gasteiger partial charge in [0.2, 0.25) is 11.8 Å². The molecule has 1 rings (SSSR count). The van der Waals surface area contributed by atoms with Crippen LogP contribution in [0.2, 0.25) is 0 Å². The van der Waals surface area contributed by atoms with Gasteiger partial charge in [-0.15, -0.1) is 5.92 Å². The largest absolute Gasteiger partial charge is 0.480 e. The fourth-order valence-corrected chi connectivity index (χ4v) is 2.03. The first-order chi connectivity index (χ1) is 10.9. The molecule has 23 heavy (non-hydrogen) atoms. The van der Waals surface area contributed by atoms with Crippen molar-refractivity contribution < 1.29 is 24.2 Å². The van der Waals surface area contributed by atoms with Crippen LogP contribution in [0.15, 0.2) is 0 Å². The van der Waals surface area contributed by atoms with Crippen LogP contribution in [0, 0.1) is 11.8 Å². The third-order valence-corrected chi connectivity index (χ3v) is 3.45. The van der Waals surface area contributed by atoms with Gasteiger partial charge >= 0.3 is 5.97 Å². The molecule has 1 unspecified atom stereocenters. The quantitative estimate of drug-likeness (QED) is 0.589. The molecule has 0 aliphatic heterocycles. The second-order valence-electron chi connectivity index (χ2n) is 5.58. The van der Waals surface area contributed by atoms with Crippen molar-refractivity contribution in [3.05, 3.63) is 0 Å². The molecule has 128 valence electrons. The highest BCUT2D eigenvalue weighted by atomic mass is 16.5. The van der Waals surface area contributed by atoms with Crippen LogP contribution in [0.5, 0.6) is 0 Å². The van der Waals surface area contributed by atoms with E-state index in [1.165, 1.54) is 13.8 Å². The molecule has 0 aromatic rings. The summed E-state index contributed by atoms with van der Waals surface area (Å²) in [4.78, 5) is 34.2. The van der Waals surface area contributed by atoms with Crippen LogP contribution in [0.1, 0.15) is 46.0 Å². The fourth-order valence-electron chi connectivity index (χ4n) is 2.03. The summed E-state index contributed by atoms with van der Waals surface area (Å²) in [5.41, 5.74) is 0. The molecule has 0 spiro atoms. The Kier molecular flexibility index (Phi) is 8.13. The summed E-state index contributed by atoms with van der Waals surface area (Å²) < 4.78 is 5.47. The van der Waals surface area contributed by atoms with Gasteiger partial charge in [0.05, 0.1) is 0 Å². The standard InChI is InChI=1S/C16H24N2O5/c1-11(15(20)18-12(2)16(21)22)17-14(19)10-23-13-8-6-4-3-5-7-9-13/h11-13H,3-6,8,10H2,1-2H3,(H,17,19)(H,18,20)(H,21,22)/t11-,12+,13?/m0/s1. The van der Waals surface area contributed by atoms with Crippen molar-refractivity contribution in [2.75, 3.05) is 6.61 Å². The highest BCUT2D eigenvalue weighted by molar-refractivity contribution is 5.90. The number of hydrogen-bond donors (Lipinski definition) is 3. The van der Waals surface area contributed by atoms with Crippen LogP contribution in [0.25, 0.3) is 0 Å². The molecular formula is C16H24N2O5. The number of carbonyl (C=O) groups is 3. The zero-order valence-corrected chi connectivity index (χ0v) is 13.6. The maximum atomic E-state index is 11.8. The predicted octanol–water partition coefficient (Wildman–Crippen LogP) is 0.433. The molecule has 0 saturated heterocycles. The SMILES string of the molecule is C[C@H](NC(=O)COC1C#CCCCCC1)C(=O)N[C@H](C)C(=O)O. The summed E-state index contributed by atoms with van der Waals surface area (Å²) in [6.07, 6.45) is 4.63. The van der Waals surface area contributed by atoms with E-state index in [0.717, 1.165) is 32.1 Å². The molecule has 3 N–H and O–H groups in total. The molecule has 1 aliphatic rings. The summed E-state index contributed by atoms with van der Waals surface area (Å²) in [5.74, 6) is 3.90. The van der Waals surface area contributed by atoms with E-state index in [0.29, 0.717) is 0 Å². The van der Waals surface area contributed by atoms with Crippen molar-refractivity contribution in [1.29, 1.82) is 0 Å². The number of rotatable bonds is 7. The van der Waals surface area contributed by atoms with E-state index in [-0.39, 0.29) is 12.7 Å². The molecule has 7 nitrogen and oxygen atoms in total. The summed E-state index contributed by atoms with van der Waals surface area (Å²) in [7, 11) is 0. The molecule has 0 bridgehead atoms. The van der Waals surface area contributed by atoms with Crippen LogP contribution < -0.4 is 10.6 Å². The second-order valence-corrected chi connectivity index (χ2v) is 5.58. The van der Waals surface area contributed by atoms with Crippen molar-refractivity contribution >= 4 is 17.8 Å². The Bertz CT molecular complexity index is 494. The summed E-state index contributed by atoms with van der Waals surface area (Å²) >= 11 is 0. The Morgan fingerprint density at radius 1 is 1.17 bits per heavy atom. The molecule has 0 aromatic heterocycles. The van der Waals surface area contributed by atoms with E-state index < -0.39 is 29.9 Å². The van der Waals surface area contributed by atoms with Crippen LogP contribution in [0.3, 0.4) is 0 Å². The highest BCUT2D eigenvalue weighted by Crippen LogP contribution is 2.10. The molecule has 0 fully saturated rings. The number of carboxylic acids is 1. The number of ether oxygens (including phenoxy) is 1. The van der Waals surface area contributed by atoms with E-state index in [1.54, 1.807) is 0 Å². The van der Waals surface area contributed by atoms with E-state index >= 15 is 0 Å². The molecule has 7 heteroatoms. The van der Waals surface area contributed by atoms with E-state index in [4.69, 9.17) is 9.84 Å². The molecule has 2 amide bonds. The lowest BCUT2D eigenvalue weighted by atomic mass is 10.1. The summed E-state index contributed by atoms with van der Waals surface area (Å²) in [6.45, 7) is 2.66. The lowest BCUT2D eigenvalue weighted by Crippen LogP contribution is -2.50. The minimum Gasteiger partial charge on any atom is -0.480 e. The molecule has 0 radical (unpaired) electrons.